The van der Waals surface area contributed by atoms with E-state index in [0.29, 0.717) is 24.0 Å². The molecule has 0 N–H and O–H groups in total. The van der Waals surface area contributed by atoms with Gasteiger partial charge in [0, 0.05) is 11.8 Å². The molecule has 106 valence electrons. The van der Waals surface area contributed by atoms with Gasteiger partial charge in [0.05, 0.1) is 6.61 Å². The highest BCUT2D eigenvalue weighted by Crippen LogP contribution is 2.23. The van der Waals surface area contributed by atoms with Gasteiger partial charge in [0.25, 0.3) is 5.89 Å². The zero-order chi connectivity index (χ0) is 14.5. The Balaban J connectivity index is 1.80. The first-order valence-corrected chi connectivity index (χ1v) is 6.85. The minimum absolute atomic E-state index is 0.470. The molecule has 0 unspecified atom stereocenters. The van der Waals surface area contributed by atoms with Crippen molar-refractivity contribution in [2.75, 3.05) is 6.61 Å². The quantitative estimate of drug-likeness (QED) is 0.715. The summed E-state index contributed by atoms with van der Waals surface area (Å²) in [7, 11) is 0. The van der Waals surface area contributed by atoms with E-state index in [4.69, 9.17) is 9.26 Å². The zero-order valence-corrected chi connectivity index (χ0v) is 11.7. The summed E-state index contributed by atoms with van der Waals surface area (Å²) < 4.78 is 10.8. The molecular weight excluding hydrogens is 266 g/mol. The first-order chi connectivity index (χ1) is 10.4. The van der Waals surface area contributed by atoms with Gasteiger partial charge in [-0.1, -0.05) is 18.1 Å². The van der Waals surface area contributed by atoms with Crippen molar-refractivity contribution < 1.29 is 9.26 Å². The Hall–Kier alpha value is -2.69. The molecule has 1 aromatic carbocycles. The fourth-order valence-corrected chi connectivity index (χ4v) is 1.85. The first kappa shape index (κ1) is 13.3. The molecule has 2 heterocycles. The Bertz CT molecular complexity index is 693. The van der Waals surface area contributed by atoms with Crippen molar-refractivity contribution >= 4 is 0 Å². The number of ether oxygens (including phenoxy) is 1. The maximum atomic E-state index is 5.54. The molecule has 3 rings (SSSR count). The lowest BCUT2D eigenvalue weighted by atomic mass is 10.2. The highest BCUT2D eigenvalue weighted by atomic mass is 16.5. The van der Waals surface area contributed by atoms with Gasteiger partial charge in [-0.05, 0) is 42.8 Å². The lowest BCUT2D eigenvalue weighted by molar-refractivity contribution is 0.317. The Morgan fingerprint density at radius 1 is 1.10 bits per heavy atom. The molecule has 0 bridgehead atoms. The number of aromatic nitrogens is 3. The lowest BCUT2D eigenvalue weighted by Crippen LogP contribution is -1.94. The number of hydrogen-bond acceptors (Lipinski definition) is 5. The zero-order valence-electron chi connectivity index (χ0n) is 11.7. The smallest absolute Gasteiger partial charge is 0.258 e. The maximum Gasteiger partial charge on any atom is 0.258 e. The van der Waals surface area contributed by atoms with Crippen molar-refractivity contribution in [2.45, 2.75) is 13.3 Å². The van der Waals surface area contributed by atoms with Crippen LogP contribution in [0.1, 0.15) is 13.3 Å². The molecule has 0 aliphatic heterocycles. The molecule has 5 heteroatoms. The lowest BCUT2D eigenvalue weighted by Gasteiger charge is -2.03. The number of pyridine rings is 1. The van der Waals surface area contributed by atoms with Crippen molar-refractivity contribution in [2.24, 2.45) is 0 Å². The van der Waals surface area contributed by atoms with Gasteiger partial charge in [-0.25, -0.2) is 0 Å². The molecule has 0 fully saturated rings. The normalized spacial score (nSPS) is 10.5. The van der Waals surface area contributed by atoms with Crippen molar-refractivity contribution in [3.8, 4) is 28.7 Å². The van der Waals surface area contributed by atoms with E-state index in [1.54, 1.807) is 6.20 Å². The molecule has 0 aliphatic rings. The van der Waals surface area contributed by atoms with Crippen LogP contribution in [0.2, 0.25) is 0 Å². The fraction of sp³-hybridized carbons (Fsp3) is 0.188. The van der Waals surface area contributed by atoms with Crippen LogP contribution < -0.4 is 4.74 Å². The molecule has 0 saturated heterocycles. The van der Waals surface area contributed by atoms with Crippen LogP contribution in [-0.4, -0.2) is 21.7 Å². The summed E-state index contributed by atoms with van der Waals surface area (Å²) in [4.78, 5) is 8.56. The number of rotatable bonds is 5. The van der Waals surface area contributed by atoms with E-state index < -0.39 is 0 Å². The van der Waals surface area contributed by atoms with Crippen LogP contribution in [-0.2, 0) is 0 Å². The molecule has 5 nitrogen and oxygen atoms in total. The summed E-state index contributed by atoms with van der Waals surface area (Å²) in [6, 6.07) is 13.2. The number of nitrogens with zero attached hydrogens (tertiary/aromatic N) is 3. The average molecular weight is 281 g/mol. The highest BCUT2D eigenvalue weighted by Gasteiger charge is 2.11. The highest BCUT2D eigenvalue weighted by molar-refractivity contribution is 5.58. The first-order valence-electron chi connectivity index (χ1n) is 6.85. The van der Waals surface area contributed by atoms with E-state index in [2.05, 4.69) is 22.0 Å². The second-order valence-electron chi connectivity index (χ2n) is 4.51. The average Bonchev–Trinajstić information content (AvgIpc) is 3.04. The fourth-order valence-electron chi connectivity index (χ4n) is 1.85. The standard InChI is InChI=1S/C16H15N3O2/c1-2-11-20-13-8-6-12(7-9-13)16-18-15(19-21-16)14-5-3-4-10-17-14/h3-10H,2,11H2,1H3. The minimum atomic E-state index is 0.470. The van der Waals surface area contributed by atoms with Crippen LogP contribution in [0.4, 0.5) is 0 Å². The summed E-state index contributed by atoms with van der Waals surface area (Å²) in [5.41, 5.74) is 1.55. The predicted molar refractivity (Wildman–Crippen MR) is 78.8 cm³/mol. The van der Waals surface area contributed by atoms with Crippen LogP contribution in [0.15, 0.2) is 53.2 Å². The molecular formula is C16H15N3O2. The number of benzene rings is 1. The Morgan fingerprint density at radius 2 is 1.95 bits per heavy atom. The van der Waals surface area contributed by atoms with E-state index in [0.717, 1.165) is 17.7 Å². The van der Waals surface area contributed by atoms with Gasteiger partial charge in [-0.3, -0.25) is 4.98 Å². The molecule has 2 aromatic heterocycles. The topological polar surface area (TPSA) is 61.0 Å². The van der Waals surface area contributed by atoms with Crippen LogP contribution in [0.3, 0.4) is 0 Å². The minimum Gasteiger partial charge on any atom is -0.494 e. The summed E-state index contributed by atoms with van der Waals surface area (Å²) in [5, 5.41) is 3.95. The van der Waals surface area contributed by atoms with Gasteiger partial charge >= 0.3 is 0 Å². The van der Waals surface area contributed by atoms with E-state index >= 15 is 0 Å². The third-order valence-corrected chi connectivity index (χ3v) is 2.89. The molecule has 21 heavy (non-hydrogen) atoms. The molecule has 0 radical (unpaired) electrons. The number of hydrogen-bond donors (Lipinski definition) is 0. The van der Waals surface area contributed by atoms with Crippen LogP contribution in [0, 0.1) is 0 Å². The van der Waals surface area contributed by atoms with Gasteiger partial charge < -0.3 is 9.26 Å². The van der Waals surface area contributed by atoms with Crippen molar-refractivity contribution in [3.05, 3.63) is 48.7 Å². The molecule has 0 aliphatic carbocycles. The Labute approximate surface area is 122 Å². The Morgan fingerprint density at radius 3 is 2.67 bits per heavy atom. The third kappa shape index (κ3) is 3.08. The predicted octanol–water partition coefficient (Wildman–Crippen LogP) is 3.59. The largest absolute Gasteiger partial charge is 0.494 e. The summed E-state index contributed by atoms with van der Waals surface area (Å²) in [6.45, 7) is 2.79. The third-order valence-electron chi connectivity index (χ3n) is 2.89. The van der Waals surface area contributed by atoms with E-state index in [9.17, 15) is 0 Å². The van der Waals surface area contributed by atoms with E-state index in [1.807, 2.05) is 42.5 Å². The van der Waals surface area contributed by atoms with Crippen molar-refractivity contribution in [1.82, 2.24) is 15.1 Å². The summed E-state index contributed by atoms with van der Waals surface area (Å²) >= 11 is 0. The Kier molecular flexibility index (Phi) is 3.91. The monoisotopic (exact) mass is 281 g/mol. The van der Waals surface area contributed by atoms with E-state index in [-0.39, 0.29) is 0 Å². The molecule has 0 saturated carbocycles. The van der Waals surface area contributed by atoms with Gasteiger partial charge in [0.1, 0.15) is 11.4 Å². The van der Waals surface area contributed by atoms with Gasteiger partial charge in [0.15, 0.2) is 0 Å². The van der Waals surface area contributed by atoms with Gasteiger partial charge in [-0.2, -0.15) is 4.98 Å². The van der Waals surface area contributed by atoms with Crippen LogP contribution >= 0.6 is 0 Å². The van der Waals surface area contributed by atoms with Crippen molar-refractivity contribution in [3.63, 3.8) is 0 Å². The van der Waals surface area contributed by atoms with Crippen LogP contribution in [0.5, 0.6) is 5.75 Å². The van der Waals surface area contributed by atoms with Gasteiger partial charge in [0.2, 0.25) is 5.82 Å². The SMILES string of the molecule is CCCOc1ccc(-c2nc(-c3ccccn3)no2)cc1. The molecule has 3 aromatic rings. The summed E-state index contributed by atoms with van der Waals surface area (Å²) in [5.74, 6) is 1.79. The van der Waals surface area contributed by atoms with E-state index in [1.165, 1.54) is 0 Å². The molecule has 0 spiro atoms. The van der Waals surface area contributed by atoms with Crippen molar-refractivity contribution in [1.29, 1.82) is 0 Å². The van der Waals surface area contributed by atoms with Gasteiger partial charge in [-0.15, -0.1) is 0 Å². The molecule has 0 amide bonds. The summed E-state index contributed by atoms with van der Waals surface area (Å²) in [6.07, 6.45) is 2.68. The second-order valence-corrected chi connectivity index (χ2v) is 4.51. The second kappa shape index (κ2) is 6.17. The molecule has 0 atom stereocenters. The maximum absolute atomic E-state index is 5.54. The van der Waals surface area contributed by atoms with Crippen LogP contribution in [0.25, 0.3) is 23.0 Å².